The molecule has 1 spiro atoms. The maximum absolute atomic E-state index is 13.4. The minimum Gasteiger partial charge on any atom is -0.497 e. The number of likely N-dealkylation sites (N-methyl/N-ethyl adjacent to an activating group) is 2. The van der Waals surface area contributed by atoms with E-state index in [4.69, 9.17) is 35.8 Å². The van der Waals surface area contributed by atoms with E-state index in [0.29, 0.717) is 111 Å². The van der Waals surface area contributed by atoms with Crippen molar-refractivity contribution in [2.45, 2.75) is 127 Å². The molecular weight excluding hydrogens is 1810 g/mol. The molecule has 36 heteroatoms. The highest BCUT2D eigenvalue weighted by Gasteiger charge is 2.64. The molecule has 6 aromatic rings. The van der Waals surface area contributed by atoms with Gasteiger partial charge in [0.15, 0.2) is 17.2 Å². The second-order valence-electron chi connectivity index (χ2n) is 31.3. The Morgan fingerprint density at radius 2 is 0.928 bits per heavy atom. The number of carbonyl (C=O) groups excluding carboxylic acids is 14. The third-order valence-electron chi connectivity index (χ3n) is 22.9. The number of rotatable bonds is 15. The maximum atomic E-state index is 13.4. The number of hydrogen-bond donors (Lipinski definition) is 5. The van der Waals surface area contributed by atoms with Crippen LogP contribution in [-0.4, -0.2) is 241 Å². The number of fused-ring (bicyclic) bond motifs is 2. The average Bonchev–Trinajstić information content (AvgIpc) is 1.58. The Kier molecular flexibility index (Phi) is 29.2. The molecular formula is C89H95Br3N14O19. The minimum absolute atomic E-state index is 0.0193. The first kappa shape index (κ1) is 92.0. The van der Waals surface area contributed by atoms with Crippen molar-refractivity contribution >= 4 is 154 Å². The van der Waals surface area contributed by atoms with Crippen LogP contribution in [0.2, 0.25) is 0 Å². The Hall–Kier alpha value is -12.2. The van der Waals surface area contributed by atoms with E-state index < -0.39 is 70.4 Å². The third-order valence-corrected chi connectivity index (χ3v) is 24.4. The predicted octanol–water partition coefficient (Wildman–Crippen LogP) is 7.62. The van der Waals surface area contributed by atoms with Crippen LogP contribution in [0.1, 0.15) is 116 Å². The molecule has 1 saturated carbocycles. The summed E-state index contributed by atoms with van der Waals surface area (Å²) in [5.74, 6) is 5.52. The number of anilines is 4. The van der Waals surface area contributed by atoms with Gasteiger partial charge in [0.2, 0.25) is 35.1 Å². The van der Waals surface area contributed by atoms with Crippen LogP contribution >= 0.6 is 47.8 Å². The van der Waals surface area contributed by atoms with Crippen molar-refractivity contribution in [2.75, 3.05) is 113 Å². The molecule has 0 aromatic heterocycles. The van der Waals surface area contributed by atoms with Crippen LogP contribution in [0.15, 0.2) is 147 Å². The van der Waals surface area contributed by atoms with Crippen molar-refractivity contribution in [1.29, 1.82) is 0 Å². The van der Waals surface area contributed by atoms with Gasteiger partial charge in [0, 0.05) is 158 Å². The summed E-state index contributed by atoms with van der Waals surface area (Å²) in [7, 11) is 3.04. The second-order valence-corrected chi connectivity index (χ2v) is 34.1. The van der Waals surface area contributed by atoms with Crippen molar-refractivity contribution in [3.8, 4) is 35.7 Å². The van der Waals surface area contributed by atoms with Gasteiger partial charge in [-0.05, 0) is 171 Å². The summed E-state index contributed by atoms with van der Waals surface area (Å²) >= 11 is 10.0. The number of hydrogen-bond acceptors (Lipinski definition) is 22. The molecule has 13 amide bonds. The lowest BCUT2D eigenvalue weighted by Crippen LogP contribution is -2.54. The van der Waals surface area contributed by atoms with Crippen LogP contribution in [0.5, 0.6) is 11.5 Å². The van der Waals surface area contributed by atoms with E-state index in [1.165, 1.54) is 28.9 Å². The van der Waals surface area contributed by atoms with Gasteiger partial charge in [-0.1, -0.05) is 91.5 Å². The number of carbonyl (C=O) groups is 14. The number of piperazine rings is 2. The van der Waals surface area contributed by atoms with E-state index in [9.17, 15) is 67.1 Å². The van der Waals surface area contributed by atoms with E-state index in [2.05, 4.69) is 110 Å². The van der Waals surface area contributed by atoms with Crippen LogP contribution in [0.3, 0.4) is 0 Å². The second kappa shape index (κ2) is 39.7. The molecule has 8 saturated heterocycles. The number of ether oxygens (including phenoxy) is 5. The molecule has 17 rings (SSSR count). The predicted molar refractivity (Wildman–Crippen MR) is 467 cm³/mol. The zero-order valence-corrected chi connectivity index (χ0v) is 74.4. The number of nitrogen functional groups attached to an aromatic ring is 1. The van der Waals surface area contributed by atoms with Crippen molar-refractivity contribution in [1.82, 2.24) is 50.7 Å². The molecule has 0 bridgehead atoms. The molecule has 125 heavy (non-hydrogen) atoms. The molecule has 1 aliphatic carbocycles. The van der Waals surface area contributed by atoms with Crippen molar-refractivity contribution in [3.63, 3.8) is 0 Å². The van der Waals surface area contributed by atoms with E-state index in [0.717, 1.165) is 94.0 Å². The standard InChI is InChI=1S/C32H34N6O6.C17H22BrN3O2.C15H13N3O4.C11H10BrNO3.C8H10O4.C6H6BrN/c1-3-35-14-16-36(17-15-35)29(41)26-10-11-27(39)38(26)23-7-4-21(5-8-23)12-13-32(30(42)33-31(43)34-32)20-37-19-22-6-9-24(44-2)18-25(22)28(37)40;1-2-19-9-11-20(12-10-19)17(23)15-7-8-16(22)21(15)14-5-3-13(18)4-6-14;1-3-15(13(20)16-14(21)17-15)8-18-7-9-4-5-10(22-2)6-11(9)12(18)19;12-8-1-3-9(4-2-8)13-10(15)5-6-11(13)16-7-14;1-7(2)11-5(9)8(3-4-8)6(10)12-7;7-5-1-3-6(8)4-2-5/h4-9,18,26H,3,10-11,14-17,19-20H2,1-2H3,(H2,33,34,42,43);3-6,15H,2,7-12H2,1H3;1,4-6H,7-8H2,2H3,(H2,16,17,20,21);1-4,7,11H,5-6H2;3-4H2,1-2H3;1-4H,8H2/t26?,32-;;15-;;;/m1.1.../s1. The van der Waals surface area contributed by atoms with Gasteiger partial charge in [0.25, 0.3) is 35.9 Å². The van der Waals surface area contributed by atoms with Crippen LogP contribution in [-0.2, 0) is 75.2 Å². The van der Waals surface area contributed by atoms with Crippen molar-refractivity contribution in [3.05, 3.63) is 175 Å². The summed E-state index contributed by atoms with van der Waals surface area (Å²) in [6, 6.07) is 37.5. The Morgan fingerprint density at radius 3 is 1.31 bits per heavy atom. The van der Waals surface area contributed by atoms with Crippen LogP contribution in [0.25, 0.3) is 0 Å². The first-order chi connectivity index (χ1) is 59.8. The Labute approximate surface area is 747 Å². The fraction of sp³-hybridized carbons (Fsp3) is 0.393. The highest BCUT2D eigenvalue weighted by Crippen LogP contribution is 2.52. The topological polar surface area (TPSA) is 388 Å². The number of benzene rings is 6. The van der Waals surface area contributed by atoms with Gasteiger partial charge in [0.05, 0.1) is 27.3 Å². The fourth-order valence-electron chi connectivity index (χ4n) is 15.7. The first-order valence-electron chi connectivity index (χ1n) is 40.6. The van der Waals surface area contributed by atoms with Gasteiger partial charge in [-0.3, -0.25) is 82.9 Å². The Bertz CT molecular complexity index is 5230. The zero-order chi connectivity index (χ0) is 89.8. The summed E-state index contributed by atoms with van der Waals surface area (Å²) in [5.41, 5.74) is 7.39. The van der Waals surface area contributed by atoms with E-state index in [1.54, 1.807) is 84.3 Å². The molecule has 6 aromatic carbocycles. The molecule has 656 valence electrons. The number of urea groups is 2. The van der Waals surface area contributed by atoms with E-state index in [-0.39, 0.29) is 67.0 Å². The Morgan fingerprint density at radius 1 is 0.536 bits per heavy atom. The normalized spacial score (nSPS) is 22.4. The fourth-order valence-corrected chi connectivity index (χ4v) is 16.5. The monoisotopic (exact) mass is 1900 g/mol. The van der Waals surface area contributed by atoms with Gasteiger partial charge in [-0.15, -0.1) is 6.42 Å². The van der Waals surface area contributed by atoms with Gasteiger partial charge in [0.1, 0.15) is 23.6 Å². The Balaban J connectivity index is 0.000000149. The number of methoxy groups -OCH3 is 2. The van der Waals surface area contributed by atoms with Gasteiger partial charge < -0.3 is 69.5 Å². The lowest BCUT2D eigenvalue weighted by molar-refractivity contribution is -0.242. The van der Waals surface area contributed by atoms with Gasteiger partial charge >= 0.3 is 24.0 Å². The number of esters is 2. The summed E-state index contributed by atoms with van der Waals surface area (Å²) in [6.45, 7) is 16.3. The molecule has 33 nitrogen and oxygen atoms in total. The molecule has 0 radical (unpaired) electrons. The number of nitrogens with zero attached hydrogens (tertiary/aromatic N) is 9. The highest BCUT2D eigenvalue weighted by molar-refractivity contribution is 9.11. The van der Waals surface area contributed by atoms with Crippen molar-refractivity contribution in [2.24, 2.45) is 5.41 Å². The smallest absolute Gasteiger partial charge is 0.326 e. The molecule has 5 atom stereocenters. The number of nitrogens with two attached hydrogens (primary N) is 1. The maximum Gasteiger partial charge on any atom is 0.326 e. The summed E-state index contributed by atoms with van der Waals surface area (Å²) in [5, 5.41) is 9.36. The number of amides is 13. The number of terminal acetylenes is 1. The van der Waals surface area contributed by atoms with Gasteiger partial charge in [-0.25, -0.2) is 9.59 Å². The van der Waals surface area contributed by atoms with Crippen LogP contribution in [0.4, 0.5) is 32.3 Å². The van der Waals surface area contributed by atoms with Crippen LogP contribution in [0, 0.1) is 29.6 Å². The molecule has 3 unspecified atom stereocenters. The lowest BCUT2D eigenvalue weighted by Gasteiger charge is -2.36. The number of nitrogens with one attached hydrogen (secondary N) is 4. The lowest BCUT2D eigenvalue weighted by atomic mass is 9.99. The highest BCUT2D eigenvalue weighted by atomic mass is 79.9. The van der Waals surface area contributed by atoms with E-state index in [1.807, 2.05) is 82.6 Å². The molecule has 10 heterocycles. The molecule has 6 N–H and O–H groups in total. The molecule has 9 fully saturated rings. The SMILES string of the molecule is C#C[C@]1(CN2Cc3ccc(OC)cc3C2=O)NC(=O)NC1=O.CC1(C)OC(=O)C2(CC2)C(=O)O1.CCN1CCN(C(=O)C2CCC(=O)N2c2ccc(Br)cc2)CC1.CCN1CCN(C(=O)C2CCC(=O)N2c2ccc(C#C[C@]3(CN4Cc5ccc(OC)cc5C4=O)NC(=O)NC3=O)cc2)CC1.Nc1ccc(Br)cc1.O=COC1CCC(=O)N1c1ccc(Br)cc1. The largest absolute Gasteiger partial charge is 0.497 e. The molecule has 11 aliphatic rings. The van der Waals surface area contributed by atoms with E-state index >= 15 is 0 Å². The summed E-state index contributed by atoms with van der Waals surface area (Å²) in [4.78, 5) is 186. The number of imide groups is 2. The number of cyclic esters (lactones) is 2. The summed E-state index contributed by atoms with van der Waals surface area (Å²) in [6.07, 6.45) is 8.88. The number of halogens is 3. The third kappa shape index (κ3) is 21.3. The van der Waals surface area contributed by atoms with Gasteiger partial charge in [-0.2, -0.15) is 0 Å². The zero-order valence-electron chi connectivity index (χ0n) is 69.6. The average molecular weight is 1900 g/mol. The minimum atomic E-state index is -1.65. The first-order valence-corrected chi connectivity index (χ1v) is 43.0. The quantitative estimate of drug-likeness (QED) is 0.0165. The molecule has 10 aliphatic heterocycles. The van der Waals surface area contributed by atoms with Crippen molar-refractivity contribution < 1.29 is 90.8 Å². The summed E-state index contributed by atoms with van der Waals surface area (Å²) < 4.78 is 28.1. The van der Waals surface area contributed by atoms with Crippen LogP contribution < -0.4 is 51.2 Å².